The van der Waals surface area contributed by atoms with Crippen LogP contribution < -0.4 is 0 Å². The van der Waals surface area contributed by atoms with Gasteiger partial charge in [-0.05, 0) is 61.3 Å². The van der Waals surface area contributed by atoms with Gasteiger partial charge in [-0.3, -0.25) is 4.90 Å². The maximum Gasteiger partial charge on any atom is 0.123 e. The molecule has 4 rings (SSSR count). The van der Waals surface area contributed by atoms with Gasteiger partial charge in [0.05, 0.1) is 6.10 Å². The third kappa shape index (κ3) is 3.78. The van der Waals surface area contributed by atoms with E-state index in [0.717, 1.165) is 18.5 Å². The Morgan fingerprint density at radius 1 is 0.960 bits per heavy atom. The summed E-state index contributed by atoms with van der Waals surface area (Å²) in [4.78, 5) is 2.54. The van der Waals surface area contributed by atoms with E-state index in [1.807, 2.05) is 42.5 Å². The van der Waals surface area contributed by atoms with E-state index in [0.29, 0.717) is 18.0 Å². The van der Waals surface area contributed by atoms with Crippen LogP contribution in [0, 0.1) is 11.7 Å². The summed E-state index contributed by atoms with van der Waals surface area (Å²) in [5.41, 5.74) is 2.25. The molecule has 2 aromatic rings. The van der Waals surface area contributed by atoms with Gasteiger partial charge in [-0.15, -0.1) is 0 Å². The maximum absolute atomic E-state index is 13.1. The van der Waals surface area contributed by atoms with E-state index in [2.05, 4.69) is 4.90 Å². The minimum atomic E-state index is -0.405. The average molecular weight is 339 g/mol. The number of aliphatic hydroxyl groups excluding tert-OH is 1. The van der Waals surface area contributed by atoms with Crippen molar-refractivity contribution in [2.45, 2.75) is 50.3 Å². The van der Waals surface area contributed by atoms with Gasteiger partial charge in [0.25, 0.3) is 0 Å². The summed E-state index contributed by atoms with van der Waals surface area (Å²) in [5.74, 6) is 0.515. The van der Waals surface area contributed by atoms with Gasteiger partial charge in [0.2, 0.25) is 0 Å². The van der Waals surface area contributed by atoms with Gasteiger partial charge in [0.15, 0.2) is 0 Å². The molecule has 0 amide bonds. The molecule has 2 bridgehead atoms. The molecule has 1 N–H and O–H groups in total. The highest BCUT2D eigenvalue weighted by atomic mass is 19.1. The summed E-state index contributed by atoms with van der Waals surface area (Å²) < 4.78 is 13.1. The van der Waals surface area contributed by atoms with Crippen molar-refractivity contribution in [3.63, 3.8) is 0 Å². The number of halogens is 1. The zero-order valence-electron chi connectivity index (χ0n) is 14.5. The summed E-state index contributed by atoms with van der Waals surface area (Å²) in [6.07, 6.45) is 5.50. The maximum atomic E-state index is 13.1. The van der Waals surface area contributed by atoms with E-state index in [9.17, 15) is 9.50 Å². The second-order valence-electron chi connectivity index (χ2n) is 7.68. The van der Waals surface area contributed by atoms with Gasteiger partial charge >= 0.3 is 0 Å². The number of hydrogen-bond acceptors (Lipinski definition) is 2. The Balaban J connectivity index is 1.37. The Kier molecular flexibility index (Phi) is 4.87. The molecule has 0 aromatic heterocycles. The molecule has 2 fully saturated rings. The standard InChI is InChI=1S/C22H26FNO/c23-19-8-6-16(7-9-19)12-17-13-20-10-11-21(14-17)24(20)15-22(25)18-4-2-1-3-5-18/h1-9,17,20-22,25H,10-15H2/t17?,20-,21+,22-/m1/s1. The van der Waals surface area contributed by atoms with Crippen molar-refractivity contribution in [3.8, 4) is 0 Å². The Hall–Kier alpha value is -1.71. The topological polar surface area (TPSA) is 23.5 Å². The smallest absolute Gasteiger partial charge is 0.123 e. The van der Waals surface area contributed by atoms with E-state index >= 15 is 0 Å². The highest BCUT2D eigenvalue weighted by Gasteiger charge is 2.41. The molecule has 3 heteroatoms. The quantitative estimate of drug-likeness (QED) is 0.876. The Bertz CT molecular complexity index is 673. The molecule has 0 aliphatic carbocycles. The number of rotatable bonds is 5. The van der Waals surface area contributed by atoms with Crippen molar-refractivity contribution >= 4 is 0 Å². The average Bonchev–Trinajstić information content (AvgIpc) is 2.87. The summed E-state index contributed by atoms with van der Waals surface area (Å²) in [5, 5.41) is 10.6. The highest BCUT2D eigenvalue weighted by molar-refractivity contribution is 5.19. The summed E-state index contributed by atoms with van der Waals surface area (Å²) in [7, 11) is 0. The Labute approximate surface area is 149 Å². The molecule has 2 aliphatic rings. The lowest BCUT2D eigenvalue weighted by Gasteiger charge is -2.40. The molecule has 2 aromatic carbocycles. The monoisotopic (exact) mass is 339 g/mol. The second kappa shape index (κ2) is 7.27. The van der Waals surface area contributed by atoms with Crippen LogP contribution in [0.5, 0.6) is 0 Å². The number of nitrogens with zero attached hydrogens (tertiary/aromatic N) is 1. The largest absolute Gasteiger partial charge is 0.387 e. The third-order valence-corrected chi connectivity index (χ3v) is 5.99. The van der Waals surface area contributed by atoms with Gasteiger partial charge in [0, 0.05) is 18.6 Å². The molecule has 2 aliphatic heterocycles. The first-order valence-electron chi connectivity index (χ1n) is 9.42. The Morgan fingerprint density at radius 3 is 2.24 bits per heavy atom. The Morgan fingerprint density at radius 2 is 1.60 bits per heavy atom. The van der Waals surface area contributed by atoms with Gasteiger partial charge < -0.3 is 5.11 Å². The first kappa shape index (κ1) is 16.7. The fourth-order valence-corrected chi connectivity index (χ4v) is 4.79. The molecule has 0 spiro atoms. The molecular formula is C22H26FNO. The lowest BCUT2D eigenvalue weighted by atomic mass is 9.85. The number of fused-ring (bicyclic) bond motifs is 2. The molecule has 2 heterocycles. The molecule has 2 saturated heterocycles. The van der Waals surface area contributed by atoms with E-state index in [4.69, 9.17) is 0 Å². The number of piperidine rings is 1. The van der Waals surface area contributed by atoms with E-state index < -0.39 is 6.10 Å². The van der Waals surface area contributed by atoms with Gasteiger partial charge in [-0.2, -0.15) is 0 Å². The fourth-order valence-electron chi connectivity index (χ4n) is 4.79. The van der Waals surface area contributed by atoms with Crippen molar-refractivity contribution in [2.75, 3.05) is 6.54 Å². The zero-order valence-corrected chi connectivity index (χ0v) is 14.5. The molecule has 132 valence electrons. The molecule has 4 atom stereocenters. The van der Waals surface area contributed by atoms with Crippen LogP contribution in [0.2, 0.25) is 0 Å². The van der Waals surface area contributed by atoms with Crippen LogP contribution in [0.25, 0.3) is 0 Å². The zero-order chi connectivity index (χ0) is 17.2. The second-order valence-corrected chi connectivity index (χ2v) is 7.68. The van der Waals surface area contributed by atoms with Crippen LogP contribution in [0.3, 0.4) is 0 Å². The van der Waals surface area contributed by atoms with Crippen molar-refractivity contribution in [3.05, 3.63) is 71.5 Å². The van der Waals surface area contributed by atoms with Crippen LogP contribution in [0.15, 0.2) is 54.6 Å². The van der Waals surface area contributed by atoms with Gasteiger partial charge in [0.1, 0.15) is 5.82 Å². The number of aliphatic hydroxyl groups is 1. The van der Waals surface area contributed by atoms with Crippen LogP contribution in [0.4, 0.5) is 4.39 Å². The molecule has 0 saturated carbocycles. The predicted octanol–water partition coefficient (Wildman–Crippen LogP) is 4.34. The summed E-state index contributed by atoms with van der Waals surface area (Å²) in [6.45, 7) is 0.739. The van der Waals surface area contributed by atoms with E-state index in [-0.39, 0.29) is 5.82 Å². The van der Waals surface area contributed by atoms with Crippen molar-refractivity contribution in [1.29, 1.82) is 0 Å². The SMILES string of the molecule is O[C@H](CN1[C@@H]2CC[C@H]1CC(Cc1ccc(F)cc1)C2)c1ccccc1. The van der Waals surface area contributed by atoms with Crippen molar-refractivity contribution in [1.82, 2.24) is 4.90 Å². The van der Waals surface area contributed by atoms with Gasteiger partial charge in [-0.1, -0.05) is 42.5 Å². The minimum absolute atomic E-state index is 0.159. The van der Waals surface area contributed by atoms with Crippen LogP contribution in [-0.2, 0) is 6.42 Å². The molecule has 1 unspecified atom stereocenters. The van der Waals surface area contributed by atoms with Gasteiger partial charge in [-0.25, -0.2) is 4.39 Å². The summed E-state index contributed by atoms with van der Waals surface area (Å²) in [6, 6.07) is 18.1. The van der Waals surface area contributed by atoms with E-state index in [1.54, 1.807) is 12.1 Å². The number of hydrogen-bond donors (Lipinski definition) is 1. The van der Waals surface area contributed by atoms with Crippen molar-refractivity contribution in [2.24, 2.45) is 5.92 Å². The minimum Gasteiger partial charge on any atom is -0.387 e. The lowest BCUT2D eigenvalue weighted by molar-refractivity contribution is 0.0447. The third-order valence-electron chi connectivity index (χ3n) is 5.99. The summed E-state index contributed by atoms with van der Waals surface area (Å²) >= 11 is 0. The number of benzene rings is 2. The molecular weight excluding hydrogens is 313 g/mol. The van der Waals surface area contributed by atoms with Crippen molar-refractivity contribution < 1.29 is 9.50 Å². The molecule has 0 radical (unpaired) electrons. The molecule has 2 nitrogen and oxygen atoms in total. The lowest BCUT2D eigenvalue weighted by Crippen LogP contribution is -2.45. The highest BCUT2D eigenvalue weighted by Crippen LogP contribution is 2.40. The van der Waals surface area contributed by atoms with Crippen LogP contribution in [-0.4, -0.2) is 28.6 Å². The normalized spacial score (nSPS) is 27.4. The van der Waals surface area contributed by atoms with Crippen LogP contribution >= 0.6 is 0 Å². The first-order valence-corrected chi connectivity index (χ1v) is 9.42. The molecule has 25 heavy (non-hydrogen) atoms. The fraction of sp³-hybridized carbons (Fsp3) is 0.455. The predicted molar refractivity (Wildman–Crippen MR) is 97.7 cm³/mol. The van der Waals surface area contributed by atoms with Crippen LogP contribution in [0.1, 0.15) is 42.9 Å². The van der Waals surface area contributed by atoms with E-state index in [1.165, 1.54) is 31.2 Å². The first-order chi connectivity index (χ1) is 12.2.